The molecule has 0 saturated heterocycles. The average molecular weight is 390 g/mol. The highest BCUT2D eigenvalue weighted by Crippen LogP contribution is 2.08. The molecule has 150 valence electrons. The van der Waals surface area contributed by atoms with Crippen molar-refractivity contribution in [3.05, 3.63) is 89.2 Å². The molecule has 29 heavy (non-hydrogen) atoms. The smallest absolute Gasteiger partial charge is 0.254 e. The molecule has 1 unspecified atom stereocenters. The van der Waals surface area contributed by atoms with Crippen molar-refractivity contribution in [2.24, 2.45) is 0 Å². The summed E-state index contributed by atoms with van der Waals surface area (Å²) in [5, 5.41) is 10.1. The van der Waals surface area contributed by atoms with Gasteiger partial charge in [0, 0.05) is 24.3 Å². The van der Waals surface area contributed by atoms with Gasteiger partial charge >= 0.3 is 0 Å². The Bertz CT molecular complexity index is 966. The van der Waals surface area contributed by atoms with E-state index in [0.29, 0.717) is 24.2 Å². The predicted octanol–water partition coefficient (Wildman–Crippen LogP) is 3.39. The van der Waals surface area contributed by atoms with Crippen LogP contribution < -0.4 is 10.6 Å². The molecule has 0 bridgehead atoms. The molecule has 1 atom stereocenters. The third-order valence-corrected chi connectivity index (χ3v) is 4.71. The van der Waals surface area contributed by atoms with Crippen molar-refractivity contribution in [1.29, 1.82) is 0 Å². The van der Waals surface area contributed by atoms with E-state index in [4.69, 9.17) is 0 Å². The minimum atomic E-state index is -0.196. The number of carbonyl (C=O) groups excluding carboxylic acids is 2. The minimum Gasteiger partial charge on any atom is -0.350 e. The van der Waals surface area contributed by atoms with E-state index < -0.39 is 0 Å². The maximum Gasteiger partial charge on any atom is 0.254 e. The molecule has 0 aliphatic rings. The molecule has 0 radical (unpaired) electrons. The minimum absolute atomic E-state index is 0.102. The van der Waals surface area contributed by atoms with Gasteiger partial charge < -0.3 is 10.6 Å². The highest BCUT2D eigenvalue weighted by molar-refractivity contribution is 5.95. The van der Waals surface area contributed by atoms with Gasteiger partial charge in [-0.2, -0.15) is 5.10 Å². The van der Waals surface area contributed by atoms with E-state index in [9.17, 15) is 9.59 Å². The zero-order valence-electron chi connectivity index (χ0n) is 16.8. The van der Waals surface area contributed by atoms with Crippen LogP contribution in [0.15, 0.2) is 67.0 Å². The summed E-state index contributed by atoms with van der Waals surface area (Å²) in [6.07, 6.45) is 4.17. The zero-order chi connectivity index (χ0) is 20.6. The summed E-state index contributed by atoms with van der Waals surface area (Å²) < 4.78 is 1.74. The van der Waals surface area contributed by atoms with Crippen molar-refractivity contribution >= 4 is 11.8 Å². The van der Waals surface area contributed by atoms with Crippen LogP contribution in [0.4, 0.5) is 0 Å². The molecule has 0 saturated carbocycles. The third-order valence-electron chi connectivity index (χ3n) is 4.71. The Morgan fingerprint density at radius 2 is 1.76 bits per heavy atom. The van der Waals surface area contributed by atoms with E-state index in [1.165, 1.54) is 0 Å². The normalized spacial score (nSPS) is 11.7. The van der Waals surface area contributed by atoms with Gasteiger partial charge in [-0.05, 0) is 36.6 Å². The van der Waals surface area contributed by atoms with Crippen molar-refractivity contribution in [3.63, 3.8) is 0 Å². The number of hydrogen-bond donors (Lipinski definition) is 2. The van der Waals surface area contributed by atoms with E-state index in [1.54, 1.807) is 29.2 Å². The second kappa shape index (κ2) is 9.68. The first kappa shape index (κ1) is 20.3. The van der Waals surface area contributed by atoms with Crippen molar-refractivity contribution in [1.82, 2.24) is 20.4 Å². The molecule has 1 aromatic heterocycles. The summed E-state index contributed by atoms with van der Waals surface area (Å²) in [5.74, 6) is -0.298. The number of carbonyl (C=O) groups is 2. The van der Waals surface area contributed by atoms with Gasteiger partial charge in [-0.3, -0.25) is 14.3 Å². The lowest BCUT2D eigenvalue weighted by Crippen LogP contribution is -2.32. The standard InChI is InChI=1S/C23H26N4O2/c1-3-17(2)26-23(29)20-11-7-10-19(12-20)13-24-22(28)21-14-25-27(16-21)15-18-8-5-4-6-9-18/h4-12,14,16-17H,3,13,15H2,1-2H3,(H,24,28)(H,26,29). The van der Waals surface area contributed by atoms with Gasteiger partial charge in [0.2, 0.25) is 0 Å². The molecule has 0 fully saturated rings. The van der Waals surface area contributed by atoms with E-state index in [-0.39, 0.29) is 17.9 Å². The Balaban J connectivity index is 1.57. The van der Waals surface area contributed by atoms with Gasteiger partial charge in [0.15, 0.2) is 0 Å². The Kier molecular flexibility index (Phi) is 6.79. The van der Waals surface area contributed by atoms with Crippen molar-refractivity contribution in [2.45, 2.75) is 39.4 Å². The third kappa shape index (κ3) is 5.78. The van der Waals surface area contributed by atoms with Crippen LogP contribution in [0.2, 0.25) is 0 Å². The summed E-state index contributed by atoms with van der Waals surface area (Å²) in [6, 6.07) is 17.4. The van der Waals surface area contributed by atoms with E-state index in [2.05, 4.69) is 15.7 Å². The highest BCUT2D eigenvalue weighted by Gasteiger charge is 2.11. The van der Waals surface area contributed by atoms with Crippen LogP contribution in [0.25, 0.3) is 0 Å². The zero-order valence-corrected chi connectivity index (χ0v) is 16.8. The molecule has 3 aromatic rings. The fourth-order valence-electron chi connectivity index (χ4n) is 2.85. The number of benzene rings is 2. The van der Waals surface area contributed by atoms with Gasteiger partial charge in [-0.25, -0.2) is 0 Å². The lowest BCUT2D eigenvalue weighted by molar-refractivity contribution is 0.0936. The lowest BCUT2D eigenvalue weighted by Gasteiger charge is -2.12. The van der Waals surface area contributed by atoms with Gasteiger partial charge in [0.1, 0.15) is 0 Å². The Hall–Kier alpha value is -3.41. The van der Waals surface area contributed by atoms with Crippen LogP contribution in [0.5, 0.6) is 0 Å². The summed E-state index contributed by atoms with van der Waals surface area (Å²) in [5.41, 5.74) is 3.08. The van der Waals surface area contributed by atoms with Crippen LogP contribution in [-0.4, -0.2) is 27.6 Å². The molecule has 1 heterocycles. The first-order chi connectivity index (χ1) is 14.0. The van der Waals surface area contributed by atoms with E-state index in [0.717, 1.165) is 17.5 Å². The Morgan fingerprint density at radius 1 is 1.00 bits per heavy atom. The van der Waals surface area contributed by atoms with E-state index in [1.807, 2.05) is 56.3 Å². The van der Waals surface area contributed by atoms with Gasteiger partial charge in [-0.15, -0.1) is 0 Å². The number of aromatic nitrogens is 2. The second-order valence-corrected chi connectivity index (χ2v) is 7.08. The maximum absolute atomic E-state index is 12.4. The topological polar surface area (TPSA) is 76.0 Å². The van der Waals surface area contributed by atoms with Gasteiger partial charge in [-0.1, -0.05) is 49.4 Å². The number of rotatable bonds is 8. The number of nitrogens with one attached hydrogen (secondary N) is 2. The fraction of sp³-hybridized carbons (Fsp3) is 0.261. The molecule has 2 aromatic carbocycles. The largest absolute Gasteiger partial charge is 0.350 e. The molecule has 0 spiro atoms. The Labute approximate surface area is 170 Å². The van der Waals surface area contributed by atoms with E-state index >= 15 is 0 Å². The van der Waals surface area contributed by atoms with Crippen LogP contribution in [-0.2, 0) is 13.1 Å². The van der Waals surface area contributed by atoms with Crippen molar-refractivity contribution < 1.29 is 9.59 Å². The molecular weight excluding hydrogens is 364 g/mol. The molecule has 0 aliphatic carbocycles. The molecular formula is C23H26N4O2. The first-order valence-electron chi connectivity index (χ1n) is 9.79. The molecule has 6 heteroatoms. The number of nitrogens with zero attached hydrogens (tertiary/aromatic N) is 2. The number of amides is 2. The Morgan fingerprint density at radius 3 is 2.52 bits per heavy atom. The molecule has 6 nitrogen and oxygen atoms in total. The predicted molar refractivity (Wildman–Crippen MR) is 113 cm³/mol. The lowest BCUT2D eigenvalue weighted by atomic mass is 10.1. The summed E-state index contributed by atoms with van der Waals surface area (Å²) in [4.78, 5) is 24.7. The summed E-state index contributed by atoms with van der Waals surface area (Å²) >= 11 is 0. The highest BCUT2D eigenvalue weighted by atomic mass is 16.2. The quantitative estimate of drug-likeness (QED) is 0.619. The number of hydrogen-bond acceptors (Lipinski definition) is 3. The first-order valence-corrected chi connectivity index (χ1v) is 9.79. The maximum atomic E-state index is 12.4. The summed E-state index contributed by atoms with van der Waals surface area (Å²) in [7, 11) is 0. The second-order valence-electron chi connectivity index (χ2n) is 7.08. The van der Waals surface area contributed by atoms with Crippen LogP contribution in [0, 0.1) is 0 Å². The van der Waals surface area contributed by atoms with Crippen molar-refractivity contribution in [2.75, 3.05) is 0 Å². The van der Waals surface area contributed by atoms with Crippen LogP contribution in [0.1, 0.15) is 52.1 Å². The van der Waals surface area contributed by atoms with Crippen LogP contribution in [0.3, 0.4) is 0 Å². The molecule has 3 rings (SSSR count). The van der Waals surface area contributed by atoms with Crippen LogP contribution >= 0.6 is 0 Å². The van der Waals surface area contributed by atoms with Crippen molar-refractivity contribution in [3.8, 4) is 0 Å². The summed E-state index contributed by atoms with van der Waals surface area (Å²) in [6.45, 7) is 4.95. The molecule has 2 amide bonds. The van der Waals surface area contributed by atoms with Gasteiger partial charge in [0.05, 0.1) is 18.3 Å². The average Bonchev–Trinajstić information content (AvgIpc) is 3.21. The fourth-order valence-corrected chi connectivity index (χ4v) is 2.85. The molecule has 0 aliphatic heterocycles. The van der Waals surface area contributed by atoms with Gasteiger partial charge in [0.25, 0.3) is 11.8 Å². The molecule has 2 N–H and O–H groups in total. The monoisotopic (exact) mass is 390 g/mol. The SMILES string of the molecule is CCC(C)NC(=O)c1cccc(CNC(=O)c2cnn(Cc3ccccc3)c2)c1.